The largest absolute Gasteiger partial charge is 0.412 e. The summed E-state index contributed by atoms with van der Waals surface area (Å²) in [5.41, 5.74) is 0. The molecule has 0 aliphatic carbocycles. The van der Waals surface area contributed by atoms with E-state index in [0.29, 0.717) is 0 Å². The first kappa shape index (κ1) is 15.6. The summed E-state index contributed by atoms with van der Waals surface area (Å²) in [5, 5.41) is 0. The van der Waals surface area contributed by atoms with Crippen LogP contribution in [0.5, 0.6) is 0 Å². The summed E-state index contributed by atoms with van der Waals surface area (Å²) in [6.07, 6.45) is 0. The maximum atomic E-state index is 8.74. The van der Waals surface area contributed by atoms with Gasteiger partial charge in [-0.05, 0) is 0 Å². The SMILES string of the molecule is O.O=S(=O)(O)O.[Ti]. The van der Waals surface area contributed by atoms with E-state index < -0.39 is 10.4 Å². The molecule has 7 heavy (non-hydrogen) atoms. The van der Waals surface area contributed by atoms with E-state index in [1.165, 1.54) is 0 Å². The van der Waals surface area contributed by atoms with Gasteiger partial charge in [-0.15, -0.1) is 0 Å². The molecule has 0 radical (unpaired) electrons. The predicted molar refractivity (Wildman–Crippen MR) is 17.8 cm³/mol. The Morgan fingerprint density at radius 2 is 1.14 bits per heavy atom. The third kappa shape index (κ3) is 456. The zero-order valence-electron chi connectivity index (χ0n) is 3.12. The van der Waals surface area contributed by atoms with Gasteiger partial charge in [0.2, 0.25) is 0 Å². The van der Waals surface area contributed by atoms with Gasteiger partial charge in [-0.2, -0.15) is 8.42 Å². The molecule has 0 spiro atoms. The molecule has 0 rings (SSSR count). The van der Waals surface area contributed by atoms with Crippen molar-refractivity contribution in [2.24, 2.45) is 0 Å². The number of rotatable bonds is 0. The minimum Gasteiger partial charge on any atom is -0.412 e. The summed E-state index contributed by atoms with van der Waals surface area (Å²) in [7, 11) is -4.67. The average molecular weight is 164 g/mol. The molecule has 0 fully saturated rings. The third-order valence-corrected chi connectivity index (χ3v) is 0. The second-order valence-corrected chi connectivity index (χ2v) is 1.34. The Morgan fingerprint density at radius 1 is 1.14 bits per heavy atom. The van der Waals surface area contributed by atoms with Crippen molar-refractivity contribution in [1.82, 2.24) is 0 Å². The molecule has 0 aromatic carbocycles. The van der Waals surface area contributed by atoms with Gasteiger partial charge in [0.25, 0.3) is 0 Å². The summed E-state index contributed by atoms with van der Waals surface area (Å²) >= 11 is 0. The van der Waals surface area contributed by atoms with Crippen molar-refractivity contribution < 1.29 is 44.7 Å². The van der Waals surface area contributed by atoms with Gasteiger partial charge in [0.05, 0.1) is 0 Å². The van der Waals surface area contributed by atoms with Crippen molar-refractivity contribution in [2.45, 2.75) is 0 Å². The molecular formula is H4O5STi. The van der Waals surface area contributed by atoms with Crippen LogP contribution in [0.15, 0.2) is 0 Å². The van der Waals surface area contributed by atoms with Crippen LogP contribution < -0.4 is 0 Å². The first-order valence-corrected chi connectivity index (χ1v) is 2.10. The summed E-state index contributed by atoms with van der Waals surface area (Å²) < 4.78 is 31.6. The van der Waals surface area contributed by atoms with E-state index in [2.05, 4.69) is 0 Å². The Kier molecular flexibility index (Phi) is 10.5. The Balaban J connectivity index is -0.0000000800. The monoisotopic (exact) mass is 164 g/mol. The molecule has 0 atom stereocenters. The Hall–Kier alpha value is 0.544. The summed E-state index contributed by atoms with van der Waals surface area (Å²) in [4.78, 5) is 0. The average Bonchev–Trinajstić information content (AvgIpc) is 0.722. The van der Waals surface area contributed by atoms with E-state index in [9.17, 15) is 0 Å². The molecule has 44 valence electrons. The van der Waals surface area contributed by atoms with Crippen LogP contribution in [0.25, 0.3) is 0 Å². The van der Waals surface area contributed by atoms with Crippen molar-refractivity contribution >= 4 is 10.4 Å². The quantitative estimate of drug-likeness (QED) is 0.336. The van der Waals surface area contributed by atoms with E-state index in [0.717, 1.165) is 0 Å². The standard InChI is InChI=1S/H2O4S.H2O.Ti/c1-5(2,3)4;;/h(H2,1,2,3,4);1H2;. The topological polar surface area (TPSA) is 106 Å². The Morgan fingerprint density at radius 3 is 1.14 bits per heavy atom. The fourth-order valence-electron chi connectivity index (χ4n) is 0. The Labute approximate surface area is 55.5 Å². The van der Waals surface area contributed by atoms with Gasteiger partial charge in [-0.1, -0.05) is 0 Å². The molecule has 0 aromatic rings. The summed E-state index contributed by atoms with van der Waals surface area (Å²) in [5.74, 6) is 0. The first-order chi connectivity index (χ1) is 2.00. The molecule has 0 unspecified atom stereocenters. The number of hydrogen-bond donors (Lipinski definition) is 2. The summed E-state index contributed by atoms with van der Waals surface area (Å²) in [6.45, 7) is 0. The van der Waals surface area contributed by atoms with E-state index in [-0.39, 0.29) is 27.2 Å². The molecule has 0 aliphatic rings. The Bertz CT molecular complexity index is 91.2. The zero-order valence-corrected chi connectivity index (χ0v) is 5.50. The molecule has 0 aliphatic heterocycles. The van der Waals surface area contributed by atoms with E-state index >= 15 is 0 Å². The van der Waals surface area contributed by atoms with Gasteiger partial charge in [0, 0.05) is 21.7 Å². The van der Waals surface area contributed by atoms with Gasteiger partial charge < -0.3 is 5.48 Å². The van der Waals surface area contributed by atoms with Gasteiger partial charge in [0.15, 0.2) is 0 Å². The van der Waals surface area contributed by atoms with Gasteiger partial charge in [0.1, 0.15) is 0 Å². The van der Waals surface area contributed by atoms with Crippen molar-refractivity contribution in [3.63, 3.8) is 0 Å². The molecule has 5 nitrogen and oxygen atoms in total. The van der Waals surface area contributed by atoms with Crippen molar-refractivity contribution in [1.29, 1.82) is 0 Å². The molecule has 0 saturated carbocycles. The van der Waals surface area contributed by atoms with Gasteiger partial charge in [-0.3, -0.25) is 9.11 Å². The summed E-state index contributed by atoms with van der Waals surface area (Å²) in [6, 6.07) is 0. The van der Waals surface area contributed by atoms with Crippen LogP contribution in [-0.4, -0.2) is 23.0 Å². The minimum atomic E-state index is -4.67. The number of hydrogen-bond acceptors (Lipinski definition) is 2. The predicted octanol–water partition coefficient (Wildman–Crippen LogP) is -1.48. The maximum Gasteiger partial charge on any atom is 0.394 e. The van der Waals surface area contributed by atoms with Crippen LogP contribution in [0.3, 0.4) is 0 Å². The molecule has 0 heterocycles. The smallest absolute Gasteiger partial charge is 0.394 e. The van der Waals surface area contributed by atoms with Crippen molar-refractivity contribution in [2.75, 3.05) is 0 Å². The van der Waals surface area contributed by atoms with Crippen LogP contribution in [-0.2, 0) is 32.1 Å². The first-order valence-electron chi connectivity index (χ1n) is 0.698. The molecule has 4 N–H and O–H groups in total. The molecule has 7 heteroatoms. The van der Waals surface area contributed by atoms with E-state index in [4.69, 9.17) is 17.5 Å². The fraction of sp³-hybridized carbons (Fsp3) is 0. The maximum absolute atomic E-state index is 8.74. The molecule has 0 aromatic heterocycles. The molecule has 0 bridgehead atoms. The fourth-order valence-corrected chi connectivity index (χ4v) is 0. The van der Waals surface area contributed by atoms with Crippen LogP contribution >= 0.6 is 0 Å². The minimum absolute atomic E-state index is 0. The van der Waals surface area contributed by atoms with Gasteiger partial charge in [-0.25, -0.2) is 0 Å². The van der Waals surface area contributed by atoms with Crippen molar-refractivity contribution in [3.8, 4) is 0 Å². The second-order valence-electron chi connectivity index (χ2n) is 0.448. The van der Waals surface area contributed by atoms with E-state index in [1.807, 2.05) is 0 Å². The van der Waals surface area contributed by atoms with E-state index in [1.54, 1.807) is 0 Å². The van der Waals surface area contributed by atoms with Crippen LogP contribution in [0, 0.1) is 0 Å². The van der Waals surface area contributed by atoms with Crippen LogP contribution in [0.1, 0.15) is 0 Å². The van der Waals surface area contributed by atoms with Crippen molar-refractivity contribution in [3.05, 3.63) is 0 Å². The molecule has 0 amide bonds. The normalized spacial score (nSPS) is 8.29. The molecular weight excluding hydrogens is 160 g/mol. The van der Waals surface area contributed by atoms with Gasteiger partial charge >= 0.3 is 10.4 Å². The third-order valence-electron chi connectivity index (χ3n) is 0. The zero-order chi connectivity index (χ0) is 4.50. The van der Waals surface area contributed by atoms with Crippen LogP contribution in [0.2, 0.25) is 0 Å². The molecule has 0 saturated heterocycles. The van der Waals surface area contributed by atoms with Crippen LogP contribution in [0.4, 0.5) is 0 Å². The second kappa shape index (κ2) is 4.70.